The van der Waals surface area contributed by atoms with Crippen molar-refractivity contribution < 1.29 is 21.1 Å². The molecule has 0 atom stereocenters. The van der Waals surface area contributed by atoms with Gasteiger partial charge in [-0.15, -0.1) is 0 Å². The van der Waals surface area contributed by atoms with Crippen molar-refractivity contribution in [1.82, 2.24) is 9.97 Å². The molecule has 10 heavy (non-hydrogen) atoms. The molecule has 0 saturated heterocycles. The smallest absolute Gasteiger partial charge is 0.251 e. The summed E-state index contributed by atoms with van der Waals surface area (Å²) in [6.07, 6.45) is 0. The Balaban J connectivity index is 0.000000810. The zero-order chi connectivity index (χ0) is 6.85. The van der Waals surface area contributed by atoms with Crippen molar-refractivity contribution in [3.63, 3.8) is 0 Å². The molecule has 6 heteroatoms. The molecule has 0 fully saturated rings. The molecule has 4 nitrogen and oxygen atoms in total. The number of anilines is 1. The Hall–Kier alpha value is -0.412. The number of hydrogen-bond acceptors (Lipinski definition) is 4. The minimum Gasteiger partial charge on any atom is -0.742 e. The maximum Gasteiger partial charge on any atom is 0.251 e. The Morgan fingerprint density at radius 2 is 2.30 bits per heavy atom. The van der Waals surface area contributed by atoms with Crippen molar-refractivity contribution in [2.75, 3.05) is 5.73 Å². The Kier molecular flexibility index (Phi) is 3.53. The third-order valence-electron chi connectivity index (χ3n) is 0.740. The van der Waals surface area contributed by atoms with Crippen LogP contribution in [0.2, 0.25) is 0 Å². The molecule has 58 valence electrons. The molecular formula is C4H4N3OPtS-. The Labute approximate surface area is 76.9 Å². The zero-order valence-electron chi connectivity index (χ0n) is 4.73. The zero-order valence-corrected chi connectivity index (χ0v) is 7.82. The molecule has 1 aromatic heterocycles. The van der Waals surface area contributed by atoms with Crippen molar-refractivity contribution in [2.24, 2.45) is 0 Å². The second-order valence-electron chi connectivity index (χ2n) is 1.48. The molecule has 1 aromatic rings. The monoisotopic (exact) mass is 337 g/mol. The molecule has 3 N–H and O–H groups in total. The van der Waals surface area contributed by atoms with E-state index in [4.69, 9.17) is 5.73 Å². The number of nitrogens with two attached hydrogens (primary N) is 1. The topological polar surface area (TPSA) is 71.8 Å². The molecule has 0 aliphatic carbocycles. The summed E-state index contributed by atoms with van der Waals surface area (Å²) >= 11 is 4.54. The van der Waals surface area contributed by atoms with Gasteiger partial charge in [0.1, 0.15) is 5.82 Å². The van der Waals surface area contributed by atoms with Gasteiger partial charge in [-0.05, 0) is 5.16 Å². The number of hydrogen-bond donors (Lipinski definition) is 2. The molecule has 0 aliphatic rings. The summed E-state index contributed by atoms with van der Waals surface area (Å²) in [5, 5.41) is 0.125. The molecule has 0 amide bonds. The number of nitrogen functional groups attached to an aromatic ring is 1. The molecular weight excluding hydrogens is 333 g/mol. The van der Waals surface area contributed by atoms with E-state index < -0.39 is 0 Å². The largest absolute Gasteiger partial charge is 0.742 e. The second kappa shape index (κ2) is 3.68. The van der Waals surface area contributed by atoms with Gasteiger partial charge >= 0.3 is 0 Å². The van der Waals surface area contributed by atoms with E-state index in [-0.39, 0.29) is 37.6 Å². The van der Waals surface area contributed by atoms with Crippen LogP contribution < -0.4 is 11.3 Å². The number of rotatable bonds is 0. The summed E-state index contributed by atoms with van der Waals surface area (Å²) in [6.45, 7) is 0. The van der Waals surface area contributed by atoms with Crippen LogP contribution in [0.1, 0.15) is 0 Å². The quantitative estimate of drug-likeness (QED) is 0.483. The van der Waals surface area contributed by atoms with Gasteiger partial charge in [0.25, 0.3) is 5.56 Å². The Morgan fingerprint density at radius 1 is 1.70 bits per heavy atom. The minimum atomic E-state index is -0.312. The number of nitrogens with one attached hydrogen (secondary N) is 1. The fourth-order valence-electron chi connectivity index (χ4n) is 0.453. The summed E-state index contributed by atoms with van der Waals surface area (Å²) in [6, 6.07) is 1.18. The minimum absolute atomic E-state index is 0. The molecule has 1 heterocycles. The molecule has 0 bridgehead atoms. The van der Waals surface area contributed by atoms with Crippen LogP contribution >= 0.6 is 0 Å². The van der Waals surface area contributed by atoms with E-state index in [0.717, 1.165) is 0 Å². The van der Waals surface area contributed by atoms with Crippen molar-refractivity contribution in [1.29, 1.82) is 0 Å². The van der Waals surface area contributed by atoms with Crippen molar-refractivity contribution >= 4 is 18.4 Å². The van der Waals surface area contributed by atoms with E-state index >= 15 is 0 Å². The van der Waals surface area contributed by atoms with E-state index in [9.17, 15) is 4.79 Å². The first-order valence-electron chi connectivity index (χ1n) is 2.22. The summed E-state index contributed by atoms with van der Waals surface area (Å²) in [5.41, 5.74) is 4.85. The summed E-state index contributed by atoms with van der Waals surface area (Å²) in [4.78, 5) is 16.3. The third kappa shape index (κ3) is 2.45. The summed E-state index contributed by atoms with van der Waals surface area (Å²) < 4.78 is 0. The van der Waals surface area contributed by atoms with Gasteiger partial charge < -0.3 is 23.3 Å². The number of aromatic nitrogens is 2. The first-order valence-corrected chi connectivity index (χ1v) is 2.63. The van der Waals surface area contributed by atoms with Gasteiger partial charge in [0.05, 0.1) is 0 Å². The van der Waals surface area contributed by atoms with Crippen LogP contribution in [0.15, 0.2) is 16.0 Å². The van der Waals surface area contributed by atoms with Gasteiger partial charge in [0.15, 0.2) is 0 Å². The first kappa shape index (κ1) is 9.59. The predicted molar refractivity (Wildman–Crippen MR) is 34.9 cm³/mol. The van der Waals surface area contributed by atoms with Gasteiger partial charge in [-0.2, -0.15) is 0 Å². The average Bonchev–Trinajstić information content (AvgIpc) is 1.59. The number of nitrogens with zero attached hydrogens (tertiary/aromatic N) is 1. The van der Waals surface area contributed by atoms with E-state index in [1.54, 1.807) is 0 Å². The third-order valence-corrected chi connectivity index (χ3v) is 0.933. The van der Waals surface area contributed by atoms with Gasteiger partial charge in [-0.3, -0.25) is 4.79 Å². The predicted octanol–water partition coefficient (Wildman–Crippen LogP) is -0.745. The number of H-pyrrole nitrogens is 1. The van der Waals surface area contributed by atoms with Crippen LogP contribution in [0.25, 0.3) is 0 Å². The van der Waals surface area contributed by atoms with Crippen LogP contribution in [-0.4, -0.2) is 9.97 Å². The van der Waals surface area contributed by atoms with Crippen LogP contribution in [0, 0.1) is 0 Å². The molecule has 1 rings (SSSR count). The van der Waals surface area contributed by atoms with Gasteiger partial charge in [-0.25, -0.2) is 4.98 Å². The van der Waals surface area contributed by atoms with Crippen molar-refractivity contribution in [2.45, 2.75) is 5.16 Å². The summed E-state index contributed by atoms with van der Waals surface area (Å²) in [5.74, 6) is 0.156. The van der Waals surface area contributed by atoms with Gasteiger partial charge in [0, 0.05) is 27.1 Å². The van der Waals surface area contributed by atoms with Gasteiger partial charge in [-0.1, -0.05) is 0 Å². The van der Waals surface area contributed by atoms with E-state index in [1.807, 2.05) is 0 Å². The van der Waals surface area contributed by atoms with E-state index in [0.29, 0.717) is 0 Å². The molecule has 0 saturated carbocycles. The molecule has 0 spiro atoms. The Bertz CT molecular complexity index is 250. The molecule has 0 aliphatic heterocycles. The van der Waals surface area contributed by atoms with E-state index in [2.05, 4.69) is 22.6 Å². The second-order valence-corrected chi connectivity index (χ2v) is 1.86. The SMILES string of the molecule is Nc1cc(=O)[nH]c([S-])n1.[Pt]. The van der Waals surface area contributed by atoms with Crippen LogP contribution in [0.4, 0.5) is 5.82 Å². The normalized spacial score (nSPS) is 8.40. The maximum atomic E-state index is 10.5. The average molecular weight is 337 g/mol. The fourth-order valence-corrected chi connectivity index (χ4v) is 0.659. The summed E-state index contributed by atoms with van der Waals surface area (Å²) in [7, 11) is 0. The van der Waals surface area contributed by atoms with E-state index in [1.165, 1.54) is 6.07 Å². The van der Waals surface area contributed by atoms with Crippen LogP contribution in [-0.2, 0) is 33.7 Å². The standard InChI is InChI=1S/C4H5N3OS.Pt/c5-2-1-3(8)7-4(9)6-2;/h1H,(H4,5,6,7,8,9);/p-1. The van der Waals surface area contributed by atoms with Crippen LogP contribution in [0.5, 0.6) is 0 Å². The fraction of sp³-hybridized carbons (Fsp3) is 0. The number of aromatic amines is 1. The first-order chi connectivity index (χ1) is 4.18. The molecule has 0 unspecified atom stereocenters. The Morgan fingerprint density at radius 3 is 2.70 bits per heavy atom. The van der Waals surface area contributed by atoms with Crippen LogP contribution in [0.3, 0.4) is 0 Å². The molecule has 0 aromatic carbocycles. The van der Waals surface area contributed by atoms with Crippen molar-refractivity contribution in [3.8, 4) is 0 Å². The van der Waals surface area contributed by atoms with Gasteiger partial charge in [0.2, 0.25) is 0 Å². The molecule has 0 radical (unpaired) electrons. The maximum absolute atomic E-state index is 10.5. The van der Waals surface area contributed by atoms with Crippen molar-refractivity contribution in [3.05, 3.63) is 16.4 Å².